The summed E-state index contributed by atoms with van der Waals surface area (Å²) in [7, 11) is 0. The number of aromatic nitrogens is 2. The van der Waals surface area contributed by atoms with Gasteiger partial charge in [-0.05, 0) is 31.1 Å². The number of likely N-dealkylation sites (tertiary alicyclic amines) is 1. The highest BCUT2D eigenvalue weighted by Gasteiger charge is 2.31. The number of amides is 1. The fraction of sp³-hybridized carbons (Fsp3) is 0.842. The molecular formula is C19H31N3O4. The van der Waals surface area contributed by atoms with Gasteiger partial charge in [0.2, 0.25) is 11.8 Å². The van der Waals surface area contributed by atoms with Crippen molar-refractivity contribution >= 4 is 5.91 Å². The monoisotopic (exact) mass is 365 g/mol. The molecule has 0 saturated carbocycles. The van der Waals surface area contributed by atoms with E-state index in [1.807, 2.05) is 4.90 Å². The van der Waals surface area contributed by atoms with Crippen LogP contribution in [0.1, 0.15) is 57.2 Å². The van der Waals surface area contributed by atoms with Gasteiger partial charge in [0.15, 0.2) is 5.82 Å². The molecule has 2 saturated heterocycles. The third kappa shape index (κ3) is 5.51. The average molecular weight is 365 g/mol. The van der Waals surface area contributed by atoms with Gasteiger partial charge in [0.1, 0.15) is 0 Å². The predicted octanol–water partition coefficient (Wildman–Crippen LogP) is 2.42. The summed E-state index contributed by atoms with van der Waals surface area (Å²) in [6.45, 7) is 8.69. The van der Waals surface area contributed by atoms with Gasteiger partial charge >= 0.3 is 0 Å². The van der Waals surface area contributed by atoms with E-state index in [2.05, 4.69) is 24.0 Å². The van der Waals surface area contributed by atoms with Crippen LogP contribution in [0.15, 0.2) is 4.52 Å². The van der Waals surface area contributed by atoms with E-state index in [9.17, 15) is 4.79 Å². The van der Waals surface area contributed by atoms with Gasteiger partial charge in [0.05, 0.1) is 12.5 Å². The zero-order valence-electron chi connectivity index (χ0n) is 16.0. The lowest BCUT2D eigenvalue weighted by molar-refractivity contribution is -0.130. The number of rotatable bonds is 8. The lowest BCUT2D eigenvalue weighted by atomic mass is 10.0. The molecule has 3 heterocycles. The van der Waals surface area contributed by atoms with Crippen LogP contribution in [-0.2, 0) is 20.7 Å². The van der Waals surface area contributed by atoms with Crippen LogP contribution in [0.25, 0.3) is 0 Å². The molecular weight excluding hydrogens is 334 g/mol. The van der Waals surface area contributed by atoms with Gasteiger partial charge in [-0.25, -0.2) is 0 Å². The van der Waals surface area contributed by atoms with Crippen LogP contribution in [0.3, 0.4) is 0 Å². The third-order valence-electron chi connectivity index (χ3n) is 5.12. The molecule has 2 aliphatic heterocycles. The highest BCUT2D eigenvalue weighted by atomic mass is 16.5. The second-order valence-electron chi connectivity index (χ2n) is 7.85. The molecule has 0 radical (unpaired) electrons. The minimum absolute atomic E-state index is 0.163. The first-order valence-electron chi connectivity index (χ1n) is 9.87. The van der Waals surface area contributed by atoms with Crippen LogP contribution in [0.4, 0.5) is 0 Å². The number of hydrogen-bond acceptors (Lipinski definition) is 6. The zero-order chi connectivity index (χ0) is 18.4. The lowest BCUT2D eigenvalue weighted by Gasteiger charge is -2.21. The summed E-state index contributed by atoms with van der Waals surface area (Å²) >= 11 is 0. The second kappa shape index (κ2) is 9.46. The summed E-state index contributed by atoms with van der Waals surface area (Å²) in [5.41, 5.74) is 0. The first kappa shape index (κ1) is 19.3. The quantitative estimate of drug-likeness (QED) is 0.659. The number of carbonyl (C=O) groups is 1. The lowest BCUT2D eigenvalue weighted by Crippen LogP contribution is -2.29. The van der Waals surface area contributed by atoms with Gasteiger partial charge in [0.25, 0.3) is 0 Å². The Morgan fingerprint density at radius 2 is 2.12 bits per heavy atom. The molecule has 0 spiro atoms. The SMILES string of the molecule is CC(C)CC(=O)N1CCC(c2nc(CCOCC3CCOCC3)no2)C1. The van der Waals surface area contributed by atoms with Crippen molar-refractivity contribution in [3.8, 4) is 0 Å². The van der Waals surface area contributed by atoms with E-state index in [1.54, 1.807) is 0 Å². The molecule has 1 unspecified atom stereocenters. The summed E-state index contributed by atoms with van der Waals surface area (Å²) in [5.74, 6) is 2.73. The van der Waals surface area contributed by atoms with Crippen molar-refractivity contribution < 1.29 is 18.8 Å². The Morgan fingerprint density at radius 3 is 2.88 bits per heavy atom. The fourth-order valence-corrected chi connectivity index (χ4v) is 3.53. The van der Waals surface area contributed by atoms with Gasteiger partial charge in [-0.2, -0.15) is 4.98 Å². The smallest absolute Gasteiger partial charge is 0.231 e. The number of carbonyl (C=O) groups excluding carboxylic acids is 1. The third-order valence-corrected chi connectivity index (χ3v) is 5.12. The Labute approximate surface area is 155 Å². The Hall–Kier alpha value is -1.47. The molecule has 7 heteroatoms. The maximum atomic E-state index is 12.2. The molecule has 0 aliphatic carbocycles. The maximum Gasteiger partial charge on any atom is 0.231 e. The van der Waals surface area contributed by atoms with Crippen molar-refractivity contribution in [1.29, 1.82) is 0 Å². The molecule has 1 aromatic rings. The van der Waals surface area contributed by atoms with E-state index in [0.717, 1.165) is 45.6 Å². The van der Waals surface area contributed by atoms with Crippen molar-refractivity contribution in [2.45, 2.75) is 51.9 Å². The number of nitrogens with zero attached hydrogens (tertiary/aromatic N) is 3. The summed E-state index contributed by atoms with van der Waals surface area (Å²) < 4.78 is 16.6. The Bertz CT molecular complexity index is 569. The molecule has 0 N–H and O–H groups in total. The molecule has 3 rings (SSSR count). The van der Waals surface area contributed by atoms with E-state index < -0.39 is 0 Å². The van der Waals surface area contributed by atoms with Crippen molar-refractivity contribution in [1.82, 2.24) is 15.0 Å². The molecule has 1 atom stereocenters. The average Bonchev–Trinajstić information content (AvgIpc) is 3.28. The van der Waals surface area contributed by atoms with Gasteiger partial charge in [0, 0.05) is 45.8 Å². The van der Waals surface area contributed by atoms with Crippen molar-refractivity contribution in [3.63, 3.8) is 0 Å². The highest BCUT2D eigenvalue weighted by molar-refractivity contribution is 5.76. The van der Waals surface area contributed by atoms with Gasteiger partial charge < -0.3 is 18.9 Å². The number of ether oxygens (including phenoxy) is 2. The minimum atomic E-state index is 0.163. The van der Waals surface area contributed by atoms with Crippen molar-refractivity contribution in [3.05, 3.63) is 11.7 Å². The molecule has 1 amide bonds. The maximum absolute atomic E-state index is 12.2. The summed E-state index contributed by atoms with van der Waals surface area (Å²) in [6, 6.07) is 0. The van der Waals surface area contributed by atoms with Crippen LogP contribution in [0, 0.1) is 11.8 Å². The molecule has 1 aromatic heterocycles. The standard InChI is InChI=1S/C19H31N3O4/c1-14(2)11-18(23)22-7-3-16(12-22)19-20-17(21-26-19)6-10-25-13-15-4-8-24-9-5-15/h14-16H,3-13H2,1-2H3. The van der Waals surface area contributed by atoms with E-state index in [1.165, 1.54) is 0 Å². The van der Waals surface area contributed by atoms with Gasteiger partial charge in [-0.15, -0.1) is 0 Å². The van der Waals surface area contributed by atoms with E-state index in [4.69, 9.17) is 14.0 Å². The summed E-state index contributed by atoms with van der Waals surface area (Å²) in [4.78, 5) is 18.6. The largest absolute Gasteiger partial charge is 0.381 e. The predicted molar refractivity (Wildman–Crippen MR) is 95.8 cm³/mol. The van der Waals surface area contributed by atoms with Crippen LogP contribution < -0.4 is 0 Å². The summed E-state index contributed by atoms with van der Waals surface area (Å²) in [5, 5.41) is 4.07. The van der Waals surface area contributed by atoms with Crippen molar-refractivity contribution in [2.75, 3.05) is 39.5 Å². The molecule has 2 aliphatic rings. The normalized spacial score (nSPS) is 21.7. The molecule has 26 heavy (non-hydrogen) atoms. The Kier molecular flexibility index (Phi) is 7.02. The van der Waals surface area contributed by atoms with Crippen molar-refractivity contribution in [2.24, 2.45) is 11.8 Å². The highest BCUT2D eigenvalue weighted by Crippen LogP contribution is 2.27. The van der Waals surface area contributed by atoms with Crippen LogP contribution >= 0.6 is 0 Å². The Morgan fingerprint density at radius 1 is 1.31 bits per heavy atom. The van der Waals surface area contributed by atoms with Crippen LogP contribution in [0.5, 0.6) is 0 Å². The van der Waals surface area contributed by atoms with Gasteiger partial charge in [-0.1, -0.05) is 19.0 Å². The van der Waals surface area contributed by atoms with Crippen LogP contribution in [0.2, 0.25) is 0 Å². The van der Waals surface area contributed by atoms with Gasteiger partial charge in [-0.3, -0.25) is 4.79 Å². The fourth-order valence-electron chi connectivity index (χ4n) is 3.53. The first-order valence-corrected chi connectivity index (χ1v) is 9.87. The van der Waals surface area contributed by atoms with E-state index in [0.29, 0.717) is 49.5 Å². The summed E-state index contributed by atoms with van der Waals surface area (Å²) in [6.07, 6.45) is 4.33. The molecule has 0 bridgehead atoms. The topological polar surface area (TPSA) is 77.7 Å². The van der Waals surface area contributed by atoms with Crippen LogP contribution in [-0.4, -0.2) is 60.5 Å². The molecule has 146 valence electrons. The molecule has 0 aromatic carbocycles. The number of hydrogen-bond donors (Lipinski definition) is 0. The minimum Gasteiger partial charge on any atom is -0.381 e. The molecule has 7 nitrogen and oxygen atoms in total. The second-order valence-corrected chi connectivity index (χ2v) is 7.85. The first-order chi connectivity index (χ1) is 12.6. The molecule has 2 fully saturated rings. The Balaban J connectivity index is 1.38. The van der Waals surface area contributed by atoms with E-state index >= 15 is 0 Å². The van der Waals surface area contributed by atoms with E-state index in [-0.39, 0.29) is 11.8 Å². The zero-order valence-corrected chi connectivity index (χ0v) is 16.0.